The second-order valence-electron chi connectivity index (χ2n) is 2.55. The molecule has 0 heterocycles. The van der Waals surface area contributed by atoms with Crippen molar-refractivity contribution in [1.82, 2.24) is 0 Å². The zero-order valence-corrected chi connectivity index (χ0v) is 7.71. The van der Waals surface area contributed by atoms with Crippen molar-refractivity contribution < 1.29 is 18.9 Å². The Balaban J connectivity index is 4.00. The Morgan fingerprint density at radius 3 is 2.27 bits per heavy atom. The number of hydrogen-bond acceptors (Lipinski definition) is 2. The smallest absolute Gasteiger partial charge is 0.303 e. The van der Waals surface area contributed by atoms with E-state index in [1.165, 1.54) is 0 Å². The lowest BCUT2D eigenvalue weighted by Crippen LogP contribution is -2.02. The first kappa shape index (κ1) is 10.8. The van der Waals surface area contributed by atoms with Gasteiger partial charge in [-0.25, -0.2) is 4.57 Å². The molecule has 5 heteroatoms. The number of phosphoric ester groups is 1. The summed E-state index contributed by atoms with van der Waals surface area (Å²) in [5.74, 6) is 0. The van der Waals surface area contributed by atoms with Crippen LogP contribution in [0.25, 0.3) is 0 Å². The van der Waals surface area contributed by atoms with E-state index >= 15 is 0 Å². The van der Waals surface area contributed by atoms with Crippen molar-refractivity contribution in [1.29, 1.82) is 0 Å². The Hall–Kier alpha value is -0.150. The van der Waals surface area contributed by atoms with E-state index in [4.69, 9.17) is 9.79 Å². The van der Waals surface area contributed by atoms with Gasteiger partial charge in [-0.2, -0.15) is 0 Å². The van der Waals surface area contributed by atoms with Gasteiger partial charge in [0, 0.05) is 0 Å². The molecule has 11 heavy (non-hydrogen) atoms. The number of phosphoric acid groups is 1. The van der Waals surface area contributed by atoms with E-state index in [0.717, 1.165) is 5.57 Å². The Morgan fingerprint density at radius 1 is 1.55 bits per heavy atom. The lowest BCUT2D eigenvalue weighted by atomic mass is 10.2. The Bertz CT molecular complexity index is 189. The average molecular weight is 180 g/mol. The molecule has 0 spiro atoms. The molecule has 0 saturated heterocycles. The van der Waals surface area contributed by atoms with Crippen molar-refractivity contribution >= 4 is 7.82 Å². The van der Waals surface area contributed by atoms with Gasteiger partial charge in [-0.15, -0.1) is 0 Å². The van der Waals surface area contributed by atoms with Crippen LogP contribution in [0.15, 0.2) is 11.6 Å². The quantitative estimate of drug-likeness (QED) is 0.509. The van der Waals surface area contributed by atoms with Gasteiger partial charge in [-0.1, -0.05) is 11.6 Å². The molecule has 0 radical (unpaired) electrons. The zero-order valence-electron chi connectivity index (χ0n) is 6.81. The molecule has 0 saturated carbocycles. The third kappa shape index (κ3) is 7.75. The number of allylic oxidation sites excluding steroid dienone is 1. The van der Waals surface area contributed by atoms with Crippen molar-refractivity contribution in [2.75, 3.05) is 0 Å². The van der Waals surface area contributed by atoms with Gasteiger partial charge in [0.1, 0.15) is 0 Å². The monoisotopic (exact) mass is 180 g/mol. The second kappa shape index (κ2) is 4.02. The fraction of sp³-hybridized carbons (Fsp3) is 0.667. The first-order chi connectivity index (χ1) is 4.81. The molecule has 2 N–H and O–H groups in total. The van der Waals surface area contributed by atoms with Crippen LogP contribution in [0.5, 0.6) is 0 Å². The molecule has 1 unspecified atom stereocenters. The third-order valence-electron chi connectivity index (χ3n) is 0.872. The van der Waals surface area contributed by atoms with E-state index < -0.39 is 13.9 Å². The maximum absolute atomic E-state index is 10.3. The van der Waals surface area contributed by atoms with Crippen LogP contribution in [0.4, 0.5) is 0 Å². The molecule has 0 amide bonds. The molecule has 66 valence electrons. The van der Waals surface area contributed by atoms with Crippen LogP contribution >= 0.6 is 7.82 Å². The standard InChI is InChI=1S/C6H13O4P/c1-5(2)4-6(3)10-11(7,8)9/h4,6H,1-3H3,(H2,7,8,9). The SMILES string of the molecule is CC(C)=CC(C)OP(=O)(O)O. The summed E-state index contributed by atoms with van der Waals surface area (Å²) in [4.78, 5) is 16.7. The molecule has 0 aliphatic heterocycles. The minimum absolute atomic E-state index is 0.541. The van der Waals surface area contributed by atoms with E-state index in [-0.39, 0.29) is 0 Å². The van der Waals surface area contributed by atoms with Crippen molar-refractivity contribution in [3.05, 3.63) is 11.6 Å². The number of rotatable bonds is 3. The van der Waals surface area contributed by atoms with Gasteiger partial charge in [-0.3, -0.25) is 4.52 Å². The lowest BCUT2D eigenvalue weighted by molar-refractivity contribution is 0.171. The normalized spacial score (nSPS) is 14.3. The predicted octanol–water partition coefficient (Wildman–Crippen LogP) is 1.45. The Kier molecular flexibility index (Phi) is 3.97. The molecule has 4 nitrogen and oxygen atoms in total. The Labute approximate surface area is 66.1 Å². The first-order valence-electron chi connectivity index (χ1n) is 3.20. The van der Waals surface area contributed by atoms with Crippen LogP contribution in [-0.2, 0) is 9.09 Å². The molecule has 1 atom stereocenters. The van der Waals surface area contributed by atoms with E-state index in [0.29, 0.717) is 0 Å². The highest BCUT2D eigenvalue weighted by Gasteiger charge is 2.16. The highest BCUT2D eigenvalue weighted by atomic mass is 31.2. The molecule has 0 aliphatic rings. The van der Waals surface area contributed by atoms with Crippen molar-refractivity contribution in [3.8, 4) is 0 Å². The van der Waals surface area contributed by atoms with Crippen LogP contribution in [-0.4, -0.2) is 15.9 Å². The van der Waals surface area contributed by atoms with Crippen LogP contribution in [0.3, 0.4) is 0 Å². The second-order valence-corrected chi connectivity index (χ2v) is 3.74. The summed E-state index contributed by atoms with van der Waals surface area (Å²) < 4.78 is 14.6. The molecule has 0 rings (SSSR count). The number of hydrogen-bond donors (Lipinski definition) is 2. The Morgan fingerprint density at radius 2 is 2.00 bits per heavy atom. The van der Waals surface area contributed by atoms with Gasteiger partial charge < -0.3 is 9.79 Å². The summed E-state index contributed by atoms with van der Waals surface area (Å²) in [5, 5.41) is 0. The fourth-order valence-electron chi connectivity index (χ4n) is 0.716. The third-order valence-corrected chi connectivity index (χ3v) is 1.48. The van der Waals surface area contributed by atoms with Crippen LogP contribution in [0.2, 0.25) is 0 Å². The summed E-state index contributed by atoms with van der Waals surface area (Å²) in [6.07, 6.45) is 1.10. The largest absolute Gasteiger partial charge is 0.470 e. The van der Waals surface area contributed by atoms with Crippen LogP contribution < -0.4 is 0 Å². The molecule has 0 aromatic rings. The van der Waals surface area contributed by atoms with Gasteiger partial charge in [0.05, 0.1) is 6.10 Å². The maximum Gasteiger partial charge on any atom is 0.470 e. The van der Waals surface area contributed by atoms with E-state index in [1.807, 2.05) is 13.8 Å². The summed E-state index contributed by atoms with van der Waals surface area (Å²) in [6, 6.07) is 0. The van der Waals surface area contributed by atoms with Gasteiger partial charge in [-0.05, 0) is 20.8 Å². The molecule has 0 aromatic carbocycles. The highest BCUT2D eigenvalue weighted by Crippen LogP contribution is 2.37. The minimum atomic E-state index is -4.32. The summed E-state index contributed by atoms with van der Waals surface area (Å²) >= 11 is 0. The van der Waals surface area contributed by atoms with E-state index in [2.05, 4.69) is 4.52 Å². The molecule has 0 bridgehead atoms. The van der Waals surface area contributed by atoms with Gasteiger partial charge in [0.25, 0.3) is 0 Å². The van der Waals surface area contributed by atoms with Crippen molar-refractivity contribution in [2.45, 2.75) is 26.9 Å². The molecular weight excluding hydrogens is 167 g/mol. The van der Waals surface area contributed by atoms with Gasteiger partial charge in [0.15, 0.2) is 0 Å². The summed E-state index contributed by atoms with van der Waals surface area (Å²) in [7, 11) is -4.32. The van der Waals surface area contributed by atoms with Crippen molar-refractivity contribution in [3.63, 3.8) is 0 Å². The fourth-order valence-corrected chi connectivity index (χ4v) is 1.21. The molecule has 0 fully saturated rings. The van der Waals surface area contributed by atoms with Crippen LogP contribution in [0, 0.1) is 0 Å². The zero-order chi connectivity index (χ0) is 9.07. The minimum Gasteiger partial charge on any atom is -0.303 e. The summed E-state index contributed by atoms with van der Waals surface area (Å²) in [5.41, 5.74) is 0.964. The molecular formula is C6H13O4P. The lowest BCUT2D eigenvalue weighted by Gasteiger charge is -2.09. The maximum atomic E-state index is 10.3. The van der Waals surface area contributed by atoms with E-state index in [9.17, 15) is 4.57 Å². The van der Waals surface area contributed by atoms with Crippen LogP contribution in [0.1, 0.15) is 20.8 Å². The van der Waals surface area contributed by atoms with E-state index in [1.54, 1.807) is 13.0 Å². The predicted molar refractivity (Wildman–Crippen MR) is 42.0 cm³/mol. The molecule has 0 aromatic heterocycles. The summed E-state index contributed by atoms with van der Waals surface area (Å²) in [6.45, 7) is 5.24. The topological polar surface area (TPSA) is 66.8 Å². The highest BCUT2D eigenvalue weighted by molar-refractivity contribution is 7.46. The van der Waals surface area contributed by atoms with Gasteiger partial charge in [0.2, 0.25) is 0 Å². The average Bonchev–Trinajstić information content (AvgIpc) is 1.53. The van der Waals surface area contributed by atoms with Crippen molar-refractivity contribution in [2.24, 2.45) is 0 Å². The first-order valence-corrected chi connectivity index (χ1v) is 4.73. The van der Waals surface area contributed by atoms with Gasteiger partial charge >= 0.3 is 7.82 Å². The molecule has 0 aliphatic carbocycles.